The van der Waals surface area contributed by atoms with Gasteiger partial charge in [0.25, 0.3) is 0 Å². The Kier molecular flexibility index (Phi) is 4.24. The van der Waals surface area contributed by atoms with Crippen LogP contribution in [0.1, 0.15) is 0 Å². The Balaban J connectivity index is 1.36. The smallest absolute Gasteiger partial charge is 0.136 e. The molecule has 0 aliphatic heterocycles. The van der Waals surface area contributed by atoms with Crippen molar-refractivity contribution in [3.63, 3.8) is 0 Å². The number of hydrogen-bond acceptors (Lipinski definition) is 2. The second-order valence-electron chi connectivity index (χ2n) is 10.1. The summed E-state index contributed by atoms with van der Waals surface area (Å²) in [4.78, 5) is 0. The second-order valence-corrected chi connectivity index (χ2v) is 11.1. The summed E-state index contributed by atoms with van der Waals surface area (Å²) in [5.41, 5.74) is 7.98. The first-order valence-corrected chi connectivity index (χ1v) is 14.0. The van der Waals surface area contributed by atoms with Crippen molar-refractivity contribution in [1.29, 1.82) is 0 Å². The second kappa shape index (κ2) is 7.83. The number of nitrogens with zero attached hydrogens (tertiary/aromatic N) is 1. The summed E-state index contributed by atoms with van der Waals surface area (Å²) >= 11 is 1.89. The summed E-state index contributed by atoms with van der Waals surface area (Å²) in [6.07, 6.45) is 0. The van der Waals surface area contributed by atoms with Gasteiger partial charge in [0.2, 0.25) is 0 Å². The fourth-order valence-electron chi connectivity index (χ4n) is 6.26. The molecule has 9 aromatic rings. The summed E-state index contributed by atoms with van der Waals surface area (Å²) < 4.78 is 11.3. The van der Waals surface area contributed by atoms with Gasteiger partial charge in [0, 0.05) is 47.4 Å². The highest BCUT2D eigenvalue weighted by Crippen LogP contribution is 2.46. The van der Waals surface area contributed by atoms with Crippen molar-refractivity contribution >= 4 is 75.3 Å². The molecule has 0 spiro atoms. The molecule has 0 aliphatic carbocycles. The highest BCUT2D eigenvalue weighted by Gasteiger charge is 2.19. The minimum absolute atomic E-state index is 0.943. The first-order valence-electron chi connectivity index (χ1n) is 13.2. The maximum absolute atomic E-state index is 6.22. The summed E-state index contributed by atoms with van der Waals surface area (Å²) in [6, 6.07) is 45.6. The molecule has 0 radical (unpaired) electrons. The Bertz CT molecular complexity index is 2370. The van der Waals surface area contributed by atoms with Crippen LogP contribution < -0.4 is 0 Å². The van der Waals surface area contributed by atoms with Crippen LogP contribution in [0.25, 0.3) is 80.7 Å². The van der Waals surface area contributed by atoms with Crippen LogP contribution in [0.15, 0.2) is 132 Å². The number of aromatic nitrogens is 1. The summed E-state index contributed by atoms with van der Waals surface area (Å²) in [6.45, 7) is 0. The lowest BCUT2D eigenvalue weighted by Crippen LogP contribution is -1.93. The Labute approximate surface area is 227 Å². The van der Waals surface area contributed by atoms with Crippen molar-refractivity contribution in [2.24, 2.45) is 0 Å². The molecule has 0 atom stereocenters. The topological polar surface area (TPSA) is 18.1 Å². The molecule has 0 amide bonds. The van der Waals surface area contributed by atoms with Gasteiger partial charge in [-0.05, 0) is 53.6 Å². The van der Waals surface area contributed by atoms with Gasteiger partial charge in [-0.2, -0.15) is 0 Å². The predicted octanol–water partition coefficient (Wildman–Crippen LogP) is 10.7. The highest BCUT2D eigenvalue weighted by atomic mass is 32.1. The van der Waals surface area contributed by atoms with E-state index in [0.29, 0.717) is 0 Å². The number of benzene rings is 6. The Hall–Kier alpha value is -4.86. The minimum atomic E-state index is 0.943. The van der Waals surface area contributed by atoms with Crippen LogP contribution in [0.2, 0.25) is 0 Å². The number of thiophene rings is 1. The Morgan fingerprint density at radius 3 is 1.95 bits per heavy atom. The lowest BCUT2D eigenvalue weighted by Gasteiger charge is -2.09. The third-order valence-corrected chi connectivity index (χ3v) is 9.27. The summed E-state index contributed by atoms with van der Waals surface area (Å²) in [5, 5.41) is 7.60. The zero-order valence-electron chi connectivity index (χ0n) is 20.9. The molecule has 0 bridgehead atoms. The third-order valence-electron chi connectivity index (χ3n) is 8.01. The number of hydrogen-bond donors (Lipinski definition) is 0. The van der Waals surface area contributed by atoms with Crippen LogP contribution >= 0.6 is 11.3 Å². The van der Waals surface area contributed by atoms with Crippen molar-refractivity contribution in [3.8, 4) is 16.8 Å². The van der Waals surface area contributed by atoms with Crippen molar-refractivity contribution in [3.05, 3.63) is 127 Å². The largest absolute Gasteiger partial charge is 0.456 e. The molecule has 3 heteroatoms. The SMILES string of the molecule is c1ccc(-c2ccc(-n3c4ccccc4c4c5sc6c(ccc7oc8ccccc8c76)c5ccc43)cc2)cc1. The standard InChI is InChI=1S/C36H21NOS/c1-2-8-22(9-3-1)23-14-16-24(17-15-23)37-29-12-6-4-10-27(29)33-30(37)20-18-25-26-19-21-32-34(36(26)39-35(25)33)28-11-5-7-13-31(28)38-32/h1-21H. The predicted molar refractivity (Wildman–Crippen MR) is 166 cm³/mol. The minimum Gasteiger partial charge on any atom is -0.456 e. The summed E-state index contributed by atoms with van der Waals surface area (Å²) in [5.74, 6) is 0. The fraction of sp³-hybridized carbons (Fsp3) is 0. The van der Waals surface area contributed by atoms with Crippen LogP contribution in [-0.2, 0) is 0 Å². The van der Waals surface area contributed by atoms with Gasteiger partial charge >= 0.3 is 0 Å². The van der Waals surface area contributed by atoms with Crippen molar-refractivity contribution in [2.75, 3.05) is 0 Å². The highest BCUT2D eigenvalue weighted by molar-refractivity contribution is 7.27. The zero-order chi connectivity index (χ0) is 25.5. The Morgan fingerprint density at radius 2 is 1.10 bits per heavy atom. The first kappa shape index (κ1) is 21.1. The molecular weight excluding hydrogens is 494 g/mol. The molecule has 182 valence electrons. The van der Waals surface area contributed by atoms with Crippen molar-refractivity contribution in [1.82, 2.24) is 4.57 Å². The zero-order valence-corrected chi connectivity index (χ0v) is 21.7. The van der Waals surface area contributed by atoms with Crippen molar-refractivity contribution in [2.45, 2.75) is 0 Å². The molecule has 9 rings (SSSR count). The maximum Gasteiger partial charge on any atom is 0.136 e. The van der Waals surface area contributed by atoms with E-state index in [1.807, 2.05) is 17.4 Å². The lowest BCUT2D eigenvalue weighted by molar-refractivity contribution is 0.669. The molecule has 0 N–H and O–H groups in total. The van der Waals surface area contributed by atoms with Crippen LogP contribution in [0.4, 0.5) is 0 Å². The average Bonchev–Trinajstić information content (AvgIpc) is 3.66. The van der Waals surface area contributed by atoms with E-state index in [1.165, 1.54) is 69.6 Å². The normalized spacial score (nSPS) is 12.1. The number of furan rings is 1. The molecular formula is C36H21NOS. The van der Waals surface area contributed by atoms with Gasteiger partial charge in [-0.3, -0.25) is 0 Å². The molecule has 0 saturated heterocycles. The molecule has 0 unspecified atom stereocenters. The molecule has 6 aromatic carbocycles. The van der Waals surface area contributed by atoms with Crippen LogP contribution in [0, 0.1) is 0 Å². The number of rotatable bonds is 2. The maximum atomic E-state index is 6.22. The monoisotopic (exact) mass is 515 g/mol. The third kappa shape index (κ3) is 2.91. The van der Waals surface area contributed by atoms with E-state index in [1.54, 1.807) is 0 Å². The van der Waals surface area contributed by atoms with Crippen LogP contribution in [0.3, 0.4) is 0 Å². The average molecular weight is 516 g/mol. The molecule has 3 heterocycles. The van der Waals surface area contributed by atoms with Gasteiger partial charge in [-0.25, -0.2) is 0 Å². The lowest BCUT2D eigenvalue weighted by atomic mass is 10.1. The molecule has 2 nitrogen and oxygen atoms in total. The van der Waals surface area contributed by atoms with Crippen molar-refractivity contribution < 1.29 is 4.42 Å². The quantitative estimate of drug-likeness (QED) is 0.224. The molecule has 39 heavy (non-hydrogen) atoms. The summed E-state index contributed by atoms with van der Waals surface area (Å²) in [7, 11) is 0. The first-order chi connectivity index (χ1) is 19.3. The van der Waals surface area contributed by atoms with E-state index in [9.17, 15) is 0 Å². The van der Waals surface area contributed by atoms with Gasteiger partial charge in [0.1, 0.15) is 11.2 Å². The number of fused-ring (bicyclic) bond motifs is 11. The number of para-hydroxylation sites is 2. The van der Waals surface area contributed by atoms with Gasteiger partial charge in [0.05, 0.1) is 11.0 Å². The van der Waals surface area contributed by atoms with E-state index in [4.69, 9.17) is 4.42 Å². The molecule has 0 aliphatic rings. The van der Waals surface area contributed by atoms with Gasteiger partial charge < -0.3 is 8.98 Å². The van der Waals surface area contributed by atoms with E-state index < -0.39 is 0 Å². The molecule has 0 saturated carbocycles. The van der Waals surface area contributed by atoms with E-state index in [0.717, 1.165) is 11.2 Å². The van der Waals surface area contributed by atoms with Gasteiger partial charge in [-0.15, -0.1) is 11.3 Å². The molecule has 0 fully saturated rings. The van der Waals surface area contributed by atoms with E-state index in [-0.39, 0.29) is 0 Å². The Morgan fingerprint density at radius 1 is 0.436 bits per heavy atom. The fourth-order valence-corrected chi connectivity index (χ4v) is 7.67. The van der Waals surface area contributed by atoms with Crippen LogP contribution in [-0.4, -0.2) is 4.57 Å². The van der Waals surface area contributed by atoms with E-state index >= 15 is 0 Å². The van der Waals surface area contributed by atoms with E-state index in [2.05, 4.69) is 126 Å². The van der Waals surface area contributed by atoms with Gasteiger partial charge in [-0.1, -0.05) is 84.9 Å². The molecule has 3 aromatic heterocycles. The van der Waals surface area contributed by atoms with Crippen LogP contribution in [0.5, 0.6) is 0 Å². The van der Waals surface area contributed by atoms with Gasteiger partial charge in [0.15, 0.2) is 0 Å².